The lowest BCUT2D eigenvalue weighted by Gasteiger charge is -2.33. The van der Waals surface area contributed by atoms with Crippen LogP contribution in [0.5, 0.6) is 0 Å². The summed E-state index contributed by atoms with van der Waals surface area (Å²) >= 11 is 0. The van der Waals surface area contributed by atoms with Gasteiger partial charge in [-0.2, -0.15) is 0 Å². The number of aromatic carboxylic acids is 1. The minimum absolute atomic E-state index is 0.164. The van der Waals surface area contributed by atoms with Gasteiger partial charge < -0.3 is 10.0 Å². The maximum Gasteiger partial charge on any atom is 0.356 e. The van der Waals surface area contributed by atoms with Crippen molar-refractivity contribution in [2.45, 2.75) is 19.8 Å². The number of piperidine rings is 1. The van der Waals surface area contributed by atoms with Gasteiger partial charge in [0.15, 0.2) is 5.69 Å². The Hall–Kier alpha value is -1.58. The van der Waals surface area contributed by atoms with Crippen LogP contribution in [0.15, 0.2) is 18.3 Å². The van der Waals surface area contributed by atoms with Gasteiger partial charge in [0, 0.05) is 19.3 Å². The third-order valence-electron chi connectivity index (χ3n) is 2.99. The molecule has 4 heteroatoms. The largest absolute Gasteiger partial charge is 0.476 e. The summed E-state index contributed by atoms with van der Waals surface area (Å²) in [6.45, 7) is 4.05. The number of rotatable bonds is 2. The van der Waals surface area contributed by atoms with Crippen LogP contribution in [0.1, 0.15) is 30.3 Å². The minimum Gasteiger partial charge on any atom is -0.476 e. The maximum atomic E-state index is 11.1. The summed E-state index contributed by atoms with van der Waals surface area (Å²) in [6, 6.07) is 3.63. The lowest BCUT2D eigenvalue weighted by Crippen LogP contribution is -2.35. The highest BCUT2D eigenvalue weighted by Crippen LogP contribution is 2.24. The Morgan fingerprint density at radius 3 is 3.12 bits per heavy atom. The van der Waals surface area contributed by atoms with Gasteiger partial charge in [0.25, 0.3) is 0 Å². The number of carboxylic acid groups (broad SMARTS) is 1. The zero-order valence-electron chi connectivity index (χ0n) is 9.39. The molecule has 0 unspecified atom stereocenters. The molecular formula is C12H16N2O2. The Morgan fingerprint density at radius 1 is 1.62 bits per heavy atom. The second kappa shape index (κ2) is 4.51. The fourth-order valence-electron chi connectivity index (χ4n) is 2.22. The SMILES string of the molecule is C[C@H]1CCCN(c2cccnc2C(=O)O)C1. The molecular weight excluding hydrogens is 204 g/mol. The fourth-order valence-corrected chi connectivity index (χ4v) is 2.22. The summed E-state index contributed by atoms with van der Waals surface area (Å²) in [6.07, 6.45) is 3.87. The van der Waals surface area contributed by atoms with Gasteiger partial charge in [0.1, 0.15) is 0 Å². The zero-order valence-corrected chi connectivity index (χ0v) is 9.39. The van der Waals surface area contributed by atoms with Gasteiger partial charge in [-0.05, 0) is 30.9 Å². The number of carbonyl (C=O) groups is 1. The lowest BCUT2D eigenvalue weighted by atomic mass is 9.99. The molecule has 0 spiro atoms. The van der Waals surface area contributed by atoms with E-state index in [0.717, 1.165) is 25.2 Å². The van der Waals surface area contributed by atoms with Crippen molar-refractivity contribution in [3.05, 3.63) is 24.0 Å². The monoisotopic (exact) mass is 220 g/mol. The molecule has 1 aromatic rings. The number of hydrogen-bond acceptors (Lipinski definition) is 3. The van der Waals surface area contributed by atoms with E-state index in [1.807, 2.05) is 6.07 Å². The van der Waals surface area contributed by atoms with Gasteiger partial charge in [-0.1, -0.05) is 6.92 Å². The van der Waals surface area contributed by atoms with Crippen molar-refractivity contribution in [3.8, 4) is 0 Å². The standard InChI is InChI=1S/C12H16N2O2/c1-9-4-3-7-14(8-9)10-5-2-6-13-11(10)12(15)16/h2,5-6,9H,3-4,7-8H2,1H3,(H,15,16)/t9-/m0/s1. The Bertz CT molecular complexity index is 392. The molecule has 0 amide bonds. The molecule has 86 valence electrons. The van der Waals surface area contributed by atoms with Crippen LogP contribution in [0.3, 0.4) is 0 Å². The van der Waals surface area contributed by atoms with E-state index in [9.17, 15) is 4.79 Å². The van der Waals surface area contributed by atoms with E-state index in [4.69, 9.17) is 5.11 Å². The van der Waals surface area contributed by atoms with Crippen LogP contribution in [-0.4, -0.2) is 29.1 Å². The molecule has 4 nitrogen and oxygen atoms in total. The highest BCUT2D eigenvalue weighted by Gasteiger charge is 2.21. The topological polar surface area (TPSA) is 53.4 Å². The number of hydrogen-bond donors (Lipinski definition) is 1. The molecule has 1 N–H and O–H groups in total. The van der Waals surface area contributed by atoms with Crippen LogP contribution in [0.25, 0.3) is 0 Å². The first-order chi connectivity index (χ1) is 7.68. The van der Waals surface area contributed by atoms with Crippen LogP contribution >= 0.6 is 0 Å². The first-order valence-electron chi connectivity index (χ1n) is 5.61. The second-order valence-electron chi connectivity index (χ2n) is 4.37. The van der Waals surface area contributed by atoms with Gasteiger partial charge in [0.05, 0.1) is 5.69 Å². The molecule has 0 radical (unpaired) electrons. The van der Waals surface area contributed by atoms with Gasteiger partial charge >= 0.3 is 5.97 Å². The van der Waals surface area contributed by atoms with E-state index in [1.165, 1.54) is 12.6 Å². The Labute approximate surface area is 94.9 Å². The molecule has 2 heterocycles. The van der Waals surface area contributed by atoms with Crippen molar-refractivity contribution in [2.75, 3.05) is 18.0 Å². The molecule has 2 rings (SSSR count). The minimum atomic E-state index is -0.950. The van der Waals surface area contributed by atoms with E-state index in [0.29, 0.717) is 5.92 Å². The van der Waals surface area contributed by atoms with Crippen molar-refractivity contribution in [2.24, 2.45) is 5.92 Å². The summed E-state index contributed by atoms with van der Waals surface area (Å²) in [4.78, 5) is 17.1. The fraction of sp³-hybridized carbons (Fsp3) is 0.500. The molecule has 1 aliphatic heterocycles. The normalized spacial score (nSPS) is 20.8. The van der Waals surface area contributed by atoms with Crippen LogP contribution < -0.4 is 4.90 Å². The molecule has 16 heavy (non-hydrogen) atoms. The zero-order chi connectivity index (χ0) is 11.5. The average molecular weight is 220 g/mol. The van der Waals surface area contributed by atoms with Crippen molar-refractivity contribution in [3.63, 3.8) is 0 Å². The van der Waals surface area contributed by atoms with Crippen molar-refractivity contribution < 1.29 is 9.90 Å². The number of carboxylic acids is 1. The highest BCUT2D eigenvalue weighted by molar-refractivity contribution is 5.92. The van der Waals surface area contributed by atoms with Crippen molar-refractivity contribution >= 4 is 11.7 Å². The lowest BCUT2D eigenvalue weighted by molar-refractivity contribution is 0.0691. The van der Waals surface area contributed by atoms with Crippen LogP contribution in [0.2, 0.25) is 0 Å². The van der Waals surface area contributed by atoms with Crippen molar-refractivity contribution in [1.82, 2.24) is 4.98 Å². The molecule has 1 aromatic heterocycles. The summed E-state index contributed by atoms with van der Waals surface area (Å²) in [5, 5.41) is 9.07. The molecule has 1 atom stereocenters. The molecule has 1 saturated heterocycles. The van der Waals surface area contributed by atoms with E-state index >= 15 is 0 Å². The predicted octanol–water partition coefficient (Wildman–Crippen LogP) is 2.02. The third-order valence-corrected chi connectivity index (χ3v) is 2.99. The number of nitrogens with zero attached hydrogens (tertiary/aromatic N) is 2. The van der Waals surface area contributed by atoms with Gasteiger partial charge in [-0.3, -0.25) is 0 Å². The summed E-state index contributed by atoms with van der Waals surface area (Å²) in [5.41, 5.74) is 0.915. The van der Waals surface area contributed by atoms with Crippen molar-refractivity contribution in [1.29, 1.82) is 0 Å². The smallest absolute Gasteiger partial charge is 0.356 e. The predicted molar refractivity (Wildman–Crippen MR) is 61.8 cm³/mol. The number of anilines is 1. The second-order valence-corrected chi connectivity index (χ2v) is 4.37. The number of aromatic nitrogens is 1. The molecule has 0 aliphatic carbocycles. The first-order valence-corrected chi connectivity index (χ1v) is 5.61. The molecule has 0 bridgehead atoms. The first kappa shape index (κ1) is 10.9. The molecule has 0 aromatic carbocycles. The van der Waals surface area contributed by atoms with Crippen LogP contribution in [0.4, 0.5) is 5.69 Å². The summed E-state index contributed by atoms with van der Waals surface area (Å²) in [7, 11) is 0. The van der Waals surface area contributed by atoms with Crippen LogP contribution in [-0.2, 0) is 0 Å². The van der Waals surface area contributed by atoms with Gasteiger partial charge in [-0.15, -0.1) is 0 Å². The highest BCUT2D eigenvalue weighted by atomic mass is 16.4. The molecule has 1 aliphatic rings. The van der Waals surface area contributed by atoms with Gasteiger partial charge in [-0.25, -0.2) is 9.78 Å². The Morgan fingerprint density at radius 2 is 2.44 bits per heavy atom. The maximum absolute atomic E-state index is 11.1. The quantitative estimate of drug-likeness (QED) is 0.828. The Kier molecular flexibility index (Phi) is 3.08. The molecule has 1 fully saturated rings. The molecule has 0 saturated carbocycles. The van der Waals surface area contributed by atoms with E-state index in [2.05, 4.69) is 16.8 Å². The van der Waals surface area contributed by atoms with Crippen LogP contribution in [0, 0.1) is 5.92 Å². The third kappa shape index (κ3) is 2.15. The Balaban J connectivity index is 2.28. The van der Waals surface area contributed by atoms with E-state index in [1.54, 1.807) is 6.07 Å². The van der Waals surface area contributed by atoms with E-state index < -0.39 is 5.97 Å². The number of pyridine rings is 1. The van der Waals surface area contributed by atoms with Gasteiger partial charge in [0.2, 0.25) is 0 Å². The summed E-state index contributed by atoms with van der Waals surface area (Å²) in [5.74, 6) is -0.329. The summed E-state index contributed by atoms with van der Waals surface area (Å²) < 4.78 is 0. The van der Waals surface area contributed by atoms with E-state index in [-0.39, 0.29) is 5.69 Å². The average Bonchev–Trinajstić information content (AvgIpc) is 2.29.